The van der Waals surface area contributed by atoms with E-state index in [1.54, 1.807) is 6.92 Å². The summed E-state index contributed by atoms with van der Waals surface area (Å²) in [5, 5.41) is 11.7. The van der Waals surface area contributed by atoms with Gasteiger partial charge in [0.25, 0.3) is 0 Å². The highest BCUT2D eigenvalue weighted by molar-refractivity contribution is 5.77. The van der Waals surface area contributed by atoms with Gasteiger partial charge in [0, 0.05) is 5.69 Å². The number of aliphatic carboxylic acids is 1. The van der Waals surface area contributed by atoms with E-state index in [2.05, 4.69) is 5.32 Å². The number of benzene rings is 1. The topological polar surface area (TPSA) is 49.3 Å². The fourth-order valence-corrected chi connectivity index (χ4v) is 1.32. The molecular formula is C11H15NO2. The van der Waals surface area contributed by atoms with Crippen molar-refractivity contribution in [3.63, 3.8) is 0 Å². The van der Waals surface area contributed by atoms with Gasteiger partial charge >= 0.3 is 5.97 Å². The Balaban J connectivity index is 2.91. The third kappa shape index (κ3) is 2.25. The van der Waals surface area contributed by atoms with Gasteiger partial charge < -0.3 is 10.4 Å². The van der Waals surface area contributed by atoms with E-state index >= 15 is 0 Å². The van der Waals surface area contributed by atoms with Gasteiger partial charge in [0.2, 0.25) is 0 Å². The molecule has 0 bridgehead atoms. The molecule has 3 heteroatoms. The van der Waals surface area contributed by atoms with Crippen molar-refractivity contribution < 1.29 is 9.90 Å². The zero-order valence-corrected chi connectivity index (χ0v) is 8.66. The summed E-state index contributed by atoms with van der Waals surface area (Å²) in [7, 11) is 0. The standard InChI is InChI=1S/C11H15NO2/c1-7-5-4-6-8(2)10(7)12-9(3)11(13)14/h4-6,9,12H,1-3H3,(H,13,14). The van der Waals surface area contributed by atoms with Crippen molar-refractivity contribution in [3.05, 3.63) is 29.3 Å². The third-order valence-electron chi connectivity index (χ3n) is 2.21. The predicted octanol–water partition coefficient (Wildman–Crippen LogP) is 2.19. The van der Waals surface area contributed by atoms with Crippen LogP contribution in [-0.4, -0.2) is 17.1 Å². The van der Waals surface area contributed by atoms with E-state index < -0.39 is 12.0 Å². The first-order valence-electron chi connectivity index (χ1n) is 4.58. The molecule has 0 heterocycles. The lowest BCUT2D eigenvalue weighted by Crippen LogP contribution is -2.26. The number of nitrogens with one attached hydrogen (secondary N) is 1. The van der Waals surface area contributed by atoms with E-state index in [1.165, 1.54) is 0 Å². The molecule has 14 heavy (non-hydrogen) atoms. The molecule has 1 aromatic rings. The van der Waals surface area contributed by atoms with Gasteiger partial charge in [0.1, 0.15) is 6.04 Å². The van der Waals surface area contributed by atoms with E-state index in [1.807, 2.05) is 32.0 Å². The molecule has 1 unspecified atom stereocenters. The minimum Gasteiger partial charge on any atom is -0.480 e. The minimum absolute atomic E-state index is 0.560. The molecule has 0 aromatic heterocycles. The Morgan fingerprint density at radius 3 is 2.29 bits per heavy atom. The summed E-state index contributed by atoms with van der Waals surface area (Å²) in [6.45, 7) is 5.56. The molecule has 1 rings (SSSR count). The average Bonchev–Trinajstić information content (AvgIpc) is 2.11. The largest absolute Gasteiger partial charge is 0.480 e. The summed E-state index contributed by atoms with van der Waals surface area (Å²) < 4.78 is 0. The molecule has 2 N–H and O–H groups in total. The van der Waals surface area contributed by atoms with E-state index in [-0.39, 0.29) is 0 Å². The number of carboxylic acids is 1. The average molecular weight is 193 g/mol. The van der Waals surface area contributed by atoms with Crippen molar-refractivity contribution in [1.82, 2.24) is 0 Å². The first-order chi connectivity index (χ1) is 6.52. The first-order valence-corrected chi connectivity index (χ1v) is 4.58. The molecule has 0 radical (unpaired) electrons. The SMILES string of the molecule is Cc1cccc(C)c1NC(C)C(=O)O. The number of para-hydroxylation sites is 1. The van der Waals surface area contributed by atoms with Crippen molar-refractivity contribution in [2.45, 2.75) is 26.8 Å². The Hall–Kier alpha value is -1.51. The molecule has 0 aliphatic rings. The fraction of sp³-hybridized carbons (Fsp3) is 0.364. The Morgan fingerprint density at radius 1 is 1.36 bits per heavy atom. The number of anilines is 1. The van der Waals surface area contributed by atoms with Crippen molar-refractivity contribution in [2.24, 2.45) is 0 Å². The normalized spacial score (nSPS) is 12.2. The van der Waals surface area contributed by atoms with Crippen LogP contribution < -0.4 is 5.32 Å². The van der Waals surface area contributed by atoms with Crippen LogP contribution in [0.5, 0.6) is 0 Å². The van der Waals surface area contributed by atoms with Crippen molar-refractivity contribution in [1.29, 1.82) is 0 Å². The van der Waals surface area contributed by atoms with E-state index in [0.29, 0.717) is 0 Å². The minimum atomic E-state index is -0.840. The monoisotopic (exact) mass is 193 g/mol. The van der Waals surface area contributed by atoms with Gasteiger partial charge in [-0.25, -0.2) is 0 Å². The van der Waals surface area contributed by atoms with E-state index in [4.69, 9.17) is 5.11 Å². The van der Waals surface area contributed by atoms with E-state index in [0.717, 1.165) is 16.8 Å². The van der Waals surface area contributed by atoms with Crippen LogP contribution in [0.15, 0.2) is 18.2 Å². The number of hydrogen-bond donors (Lipinski definition) is 2. The summed E-state index contributed by atoms with van der Waals surface area (Å²) in [4.78, 5) is 10.7. The smallest absolute Gasteiger partial charge is 0.325 e. The van der Waals surface area contributed by atoms with Gasteiger partial charge in [0.05, 0.1) is 0 Å². The van der Waals surface area contributed by atoms with Crippen LogP contribution in [0.4, 0.5) is 5.69 Å². The number of carbonyl (C=O) groups is 1. The molecule has 0 amide bonds. The van der Waals surface area contributed by atoms with Crippen LogP contribution in [0.1, 0.15) is 18.1 Å². The first kappa shape index (κ1) is 10.6. The molecule has 0 fully saturated rings. The lowest BCUT2D eigenvalue weighted by atomic mass is 10.1. The summed E-state index contributed by atoms with van der Waals surface area (Å²) in [5.41, 5.74) is 3.05. The molecule has 0 spiro atoms. The Labute approximate surface area is 83.8 Å². The molecule has 0 aliphatic carbocycles. The van der Waals surface area contributed by atoms with Crippen LogP contribution in [0.25, 0.3) is 0 Å². The molecule has 1 aromatic carbocycles. The summed E-state index contributed by atoms with van der Waals surface area (Å²) >= 11 is 0. The van der Waals surface area contributed by atoms with Gasteiger partial charge in [-0.1, -0.05) is 18.2 Å². The lowest BCUT2D eigenvalue weighted by Gasteiger charge is -2.15. The zero-order valence-electron chi connectivity index (χ0n) is 8.66. The maximum absolute atomic E-state index is 10.7. The maximum atomic E-state index is 10.7. The Bertz CT molecular complexity index is 327. The second-order valence-electron chi connectivity index (χ2n) is 3.47. The lowest BCUT2D eigenvalue weighted by molar-refractivity contribution is -0.137. The van der Waals surface area contributed by atoms with Crippen LogP contribution in [0.3, 0.4) is 0 Å². The van der Waals surface area contributed by atoms with Crippen LogP contribution in [0.2, 0.25) is 0 Å². The molecule has 0 saturated carbocycles. The number of aryl methyl sites for hydroxylation is 2. The number of rotatable bonds is 3. The van der Waals surface area contributed by atoms with Gasteiger partial charge in [-0.3, -0.25) is 4.79 Å². The van der Waals surface area contributed by atoms with Gasteiger partial charge in [-0.2, -0.15) is 0 Å². The number of hydrogen-bond acceptors (Lipinski definition) is 2. The van der Waals surface area contributed by atoms with Crippen molar-refractivity contribution in [2.75, 3.05) is 5.32 Å². The van der Waals surface area contributed by atoms with Crippen LogP contribution in [0, 0.1) is 13.8 Å². The van der Waals surface area contributed by atoms with Crippen molar-refractivity contribution >= 4 is 11.7 Å². The summed E-state index contributed by atoms with van der Waals surface area (Å²) in [5.74, 6) is -0.840. The Morgan fingerprint density at radius 2 is 1.86 bits per heavy atom. The zero-order chi connectivity index (χ0) is 10.7. The second-order valence-corrected chi connectivity index (χ2v) is 3.47. The third-order valence-corrected chi connectivity index (χ3v) is 2.21. The van der Waals surface area contributed by atoms with Gasteiger partial charge in [0.15, 0.2) is 0 Å². The molecular weight excluding hydrogens is 178 g/mol. The summed E-state index contributed by atoms with van der Waals surface area (Å²) in [6, 6.07) is 5.32. The maximum Gasteiger partial charge on any atom is 0.325 e. The Kier molecular flexibility index (Phi) is 3.12. The van der Waals surface area contributed by atoms with Gasteiger partial charge in [-0.15, -0.1) is 0 Å². The number of carboxylic acid groups (broad SMARTS) is 1. The summed E-state index contributed by atoms with van der Waals surface area (Å²) in [6.07, 6.45) is 0. The molecule has 0 aliphatic heterocycles. The molecule has 1 atom stereocenters. The second kappa shape index (κ2) is 4.13. The molecule has 76 valence electrons. The van der Waals surface area contributed by atoms with Gasteiger partial charge in [-0.05, 0) is 31.9 Å². The molecule has 3 nitrogen and oxygen atoms in total. The predicted molar refractivity (Wildman–Crippen MR) is 56.6 cm³/mol. The quantitative estimate of drug-likeness (QED) is 0.773. The van der Waals surface area contributed by atoms with Crippen LogP contribution >= 0.6 is 0 Å². The fourth-order valence-electron chi connectivity index (χ4n) is 1.32. The molecule has 0 saturated heterocycles. The highest BCUT2D eigenvalue weighted by atomic mass is 16.4. The van der Waals surface area contributed by atoms with Crippen LogP contribution in [-0.2, 0) is 4.79 Å². The highest BCUT2D eigenvalue weighted by Crippen LogP contribution is 2.20. The van der Waals surface area contributed by atoms with E-state index in [9.17, 15) is 4.79 Å². The van der Waals surface area contributed by atoms with Crippen molar-refractivity contribution in [3.8, 4) is 0 Å². The highest BCUT2D eigenvalue weighted by Gasteiger charge is 2.12.